The number of para-hydroxylation sites is 3. The molecule has 0 bridgehead atoms. The number of aromatic nitrogens is 2. The highest BCUT2D eigenvalue weighted by Crippen LogP contribution is 2.29. The van der Waals surface area contributed by atoms with Crippen LogP contribution in [0.1, 0.15) is 24.7 Å². The molecule has 8 heteroatoms. The molecule has 0 atom stereocenters. The highest BCUT2D eigenvalue weighted by molar-refractivity contribution is 14.0. The van der Waals surface area contributed by atoms with Crippen molar-refractivity contribution in [1.29, 1.82) is 0 Å². The summed E-state index contributed by atoms with van der Waals surface area (Å²) < 4.78 is 7.40. The van der Waals surface area contributed by atoms with E-state index in [1.54, 1.807) is 13.2 Å². The van der Waals surface area contributed by atoms with Gasteiger partial charge in [-0.15, -0.1) is 24.0 Å². The van der Waals surface area contributed by atoms with E-state index in [0.29, 0.717) is 12.3 Å². The quantitative estimate of drug-likeness (QED) is 0.181. The number of aromatic hydroxyl groups is 1. The van der Waals surface area contributed by atoms with Crippen molar-refractivity contribution < 1.29 is 9.84 Å². The van der Waals surface area contributed by atoms with E-state index < -0.39 is 0 Å². The fourth-order valence-electron chi connectivity index (χ4n) is 3.29. The standard InChI is InChI=1S/C22H29N5O2.HI/c1-4-23-22(25-15-17-9-7-12-20(29-3)21(17)28)24-13-8-14-27-16(2)26-18-10-5-6-11-19(18)27;/h5-7,9-12,28H,4,8,13-15H2,1-3H3,(H2,23,24,25);1H. The highest BCUT2D eigenvalue weighted by Gasteiger charge is 2.08. The van der Waals surface area contributed by atoms with Gasteiger partial charge >= 0.3 is 0 Å². The van der Waals surface area contributed by atoms with Crippen molar-refractivity contribution in [3.05, 3.63) is 53.9 Å². The van der Waals surface area contributed by atoms with E-state index in [4.69, 9.17) is 4.74 Å². The number of rotatable bonds is 8. The Morgan fingerprint density at radius 3 is 2.73 bits per heavy atom. The first-order valence-corrected chi connectivity index (χ1v) is 9.93. The van der Waals surface area contributed by atoms with Gasteiger partial charge in [0.2, 0.25) is 0 Å². The first kappa shape index (κ1) is 23.8. The van der Waals surface area contributed by atoms with Crippen LogP contribution in [0.3, 0.4) is 0 Å². The Morgan fingerprint density at radius 2 is 1.97 bits per heavy atom. The lowest BCUT2D eigenvalue weighted by Crippen LogP contribution is -2.38. The molecular formula is C22H30IN5O2. The molecule has 0 amide bonds. The van der Waals surface area contributed by atoms with Crippen LogP contribution in [0.4, 0.5) is 0 Å². The summed E-state index contributed by atoms with van der Waals surface area (Å²) in [4.78, 5) is 9.20. The molecule has 0 radical (unpaired) electrons. The fourth-order valence-corrected chi connectivity index (χ4v) is 3.29. The van der Waals surface area contributed by atoms with Gasteiger partial charge in [-0.2, -0.15) is 0 Å². The van der Waals surface area contributed by atoms with Crippen molar-refractivity contribution in [2.24, 2.45) is 4.99 Å². The van der Waals surface area contributed by atoms with Crippen LogP contribution in [0.15, 0.2) is 47.5 Å². The maximum atomic E-state index is 10.2. The van der Waals surface area contributed by atoms with Crippen LogP contribution >= 0.6 is 24.0 Å². The Labute approximate surface area is 194 Å². The molecule has 0 saturated heterocycles. The maximum absolute atomic E-state index is 10.2. The monoisotopic (exact) mass is 523 g/mol. The SMILES string of the molecule is CCNC(=NCc1cccc(OC)c1O)NCCCn1c(C)nc2ccccc21.I. The van der Waals surface area contributed by atoms with Crippen LogP contribution in [0.2, 0.25) is 0 Å². The molecule has 0 aliphatic rings. The number of methoxy groups -OCH3 is 1. The zero-order valence-electron chi connectivity index (χ0n) is 17.7. The number of nitrogens with one attached hydrogen (secondary N) is 2. The minimum atomic E-state index is 0. The topological polar surface area (TPSA) is 83.7 Å². The smallest absolute Gasteiger partial charge is 0.191 e. The highest BCUT2D eigenvalue weighted by atomic mass is 127. The van der Waals surface area contributed by atoms with Gasteiger partial charge in [0.25, 0.3) is 0 Å². The number of ether oxygens (including phenoxy) is 1. The lowest BCUT2D eigenvalue weighted by Gasteiger charge is -2.13. The summed E-state index contributed by atoms with van der Waals surface area (Å²) in [6.45, 7) is 6.86. The summed E-state index contributed by atoms with van der Waals surface area (Å²) >= 11 is 0. The average molecular weight is 523 g/mol. The van der Waals surface area contributed by atoms with Crippen LogP contribution < -0.4 is 15.4 Å². The number of hydrogen-bond acceptors (Lipinski definition) is 4. The summed E-state index contributed by atoms with van der Waals surface area (Å²) in [5.74, 6) is 2.35. The van der Waals surface area contributed by atoms with Crippen molar-refractivity contribution in [3.63, 3.8) is 0 Å². The zero-order chi connectivity index (χ0) is 20.6. The van der Waals surface area contributed by atoms with Gasteiger partial charge in [-0.25, -0.2) is 9.98 Å². The molecule has 2 aromatic carbocycles. The largest absolute Gasteiger partial charge is 0.504 e. The molecule has 0 fully saturated rings. The number of phenols is 1. The van der Waals surface area contributed by atoms with E-state index in [0.717, 1.165) is 48.9 Å². The third-order valence-electron chi connectivity index (χ3n) is 4.75. The van der Waals surface area contributed by atoms with Crippen LogP contribution in [0, 0.1) is 6.92 Å². The normalized spacial score (nSPS) is 11.2. The van der Waals surface area contributed by atoms with Gasteiger partial charge in [-0.3, -0.25) is 0 Å². The van der Waals surface area contributed by atoms with Gasteiger partial charge in [0.05, 0.1) is 24.7 Å². The molecule has 0 saturated carbocycles. The van der Waals surface area contributed by atoms with E-state index in [9.17, 15) is 5.11 Å². The predicted octanol–water partition coefficient (Wildman–Crippen LogP) is 3.82. The van der Waals surface area contributed by atoms with Crippen molar-refractivity contribution in [2.75, 3.05) is 20.2 Å². The Balaban J connectivity index is 0.00000320. The number of guanidine groups is 1. The third-order valence-corrected chi connectivity index (χ3v) is 4.75. The van der Waals surface area contributed by atoms with E-state index in [-0.39, 0.29) is 29.7 Å². The van der Waals surface area contributed by atoms with Gasteiger partial charge in [-0.1, -0.05) is 24.3 Å². The van der Waals surface area contributed by atoms with E-state index in [1.165, 1.54) is 5.52 Å². The second-order valence-electron chi connectivity index (χ2n) is 6.74. The van der Waals surface area contributed by atoms with Crippen molar-refractivity contribution >= 4 is 41.0 Å². The molecule has 0 aliphatic carbocycles. The van der Waals surface area contributed by atoms with Crippen molar-refractivity contribution in [1.82, 2.24) is 20.2 Å². The van der Waals surface area contributed by atoms with Gasteiger partial charge in [0.15, 0.2) is 17.5 Å². The summed E-state index contributed by atoms with van der Waals surface area (Å²) in [7, 11) is 1.54. The van der Waals surface area contributed by atoms with Crippen LogP contribution in [-0.4, -0.2) is 40.8 Å². The molecule has 3 aromatic rings. The lowest BCUT2D eigenvalue weighted by molar-refractivity contribution is 0.370. The molecule has 0 unspecified atom stereocenters. The Hall–Kier alpha value is -2.49. The zero-order valence-corrected chi connectivity index (χ0v) is 20.0. The minimum Gasteiger partial charge on any atom is -0.504 e. The summed E-state index contributed by atoms with van der Waals surface area (Å²) in [6.07, 6.45) is 0.940. The molecule has 162 valence electrons. The molecule has 1 heterocycles. The van der Waals surface area contributed by atoms with Crippen LogP contribution in [-0.2, 0) is 13.1 Å². The average Bonchev–Trinajstić information content (AvgIpc) is 3.05. The Morgan fingerprint density at radius 1 is 1.17 bits per heavy atom. The lowest BCUT2D eigenvalue weighted by atomic mass is 10.2. The summed E-state index contributed by atoms with van der Waals surface area (Å²) in [5, 5.41) is 16.8. The second-order valence-corrected chi connectivity index (χ2v) is 6.74. The van der Waals surface area contributed by atoms with E-state index >= 15 is 0 Å². The van der Waals surface area contributed by atoms with E-state index in [1.807, 2.05) is 44.2 Å². The summed E-state index contributed by atoms with van der Waals surface area (Å²) in [6, 6.07) is 13.6. The number of hydrogen-bond donors (Lipinski definition) is 3. The van der Waals surface area contributed by atoms with Crippen molar-refractivity contribution in [3.8, 4) is 11.5 Å². The maximum Gasteiger partial charge on any atom is 0.191 e. The van der Waals surface area contributed by atoms with Gasteiger partial charge in [-0.05, 0) is 38.5 Å². The predicted molar refractivity (Wildman–Crippen MR) is 132 cm³/mol. The Bertz CT molecular complexity index is 987. The number of aliphatic imine (C=N–C) groups is 1. The molecule has 0 spiro atoms. The van der Waals surface area contributed by atoms with E-state index in [2.05, 4.69) is 31.2 Å². The summed E-state index contributed by atoms with van der Waals surface area (Å²) in [5.41, 5.74) is 2.92. The number of halogens is 1. The third kappa shape index (κ3) is 5.78. The molecule has 7 nitrogen and oxygen atoms in total. The number of aryl methyl sites for hydroxylation is 2. The fraction of sp³-hybridized carbons (Fsp3) is 0.364. The number of imidazole rings is 1. The molecule has 3 rings (SSSR count). The van der Waals surface area contributed by atoms with Gasteiger partial charge < -0.3 is 25.0 Å². The van der Waals surface area contributed by atoms with Crippen LogP contribution in [0.5, 0.6) is 11.5 Å². The van der Waals surface area contributed by atoms with Crippen LogP contribution in [0.25, 0.3) is 11.0 Å². The first-order valence-electron chi connectivity index (χ1n) is 9.93. The molecule has 3 N–H and O–H groups in total. The second kappa shape index (κ2) is 11.6. The number of benzene rings is 2. The van der Waals surface area contributed by atoms with Crippen molar-refractivity contribution in [2.45, 2.75) is 33.4 Å². The number of fused-ring (bicyclic) bond motifs is 1. The molecule has 1 aromatic heterocycles. The number of phenolic OH excluding ortho intramolecular Hbond substituents is 1. The molecular weight excluding hydrogens is 493 g/mol. The number of nitrogens with zero attached hydrogens (tertiary/aromatic N) is 3. The van der Waals surface area contributed by atoms with Gasteiger partial charge in [0, 0.05) is 25.2 Å². The molecule has 30 heavy (non-hydrogen) atoms. The minimum absolute atomic E-state index is 0. The Kier molecular flexibility index (Phi) is 9.22. The molecule has 0 aliphatic heterocycles. The van der Waals surface area contributed by atoms with Gasteiger partial charge in [0.1, 0.15) is 5.82 Å². The first-order chi connectivity index (χ1) is 14.1.